The molecule has 2 fully saturated rings. The van der Waals surface area contributed by atoms with Gasteiger partial charge in [0.15, 0.2) is 0 Å². The maximum atomic E-state index is 13.1. The molecule has 7 heteroatoms. The molecule has 0 aromatic rings. The Morgan fingerprint density at radius 2 is 2.05 bits per heavy atom. The topological polar surface area (TPSA) is 35.5 Å². The minimum absolute atomic E-state index is 0.0251. The van der Waals surface area contributed by atoms with E-state index in [2.05, 4.69) is 6.58 Å². The molecule has 22 heavy (non-hydrogen) atoms. The summed E-state index contributed by atoms with van der Waals surface area (Å²) in [6, 6.07) is 0. The van der Waals surface area contributed by atoms with E-state index in [1.54, 1.807) is 0 Å². The maximum absolute atomic E-state index is 13.1. The molecular weight excluding hydrogens is 304 g/mol. The third kappa shape index (κ3) is 4.14. The van der Waals surface area contributed by atoms with Gasteiger partial charge in [-0.15, -0.1) is 0 Å². The third-order valence-corrected chi connectivity index (χ3v) is 4.49. The highest BCUT2D eigenvalue weighted by atomic mass is 19.3. The Morgan fingerprint density at radius 1 is 1.32 bits per heavy atom. The van der Waals surface area contributed by atoms with Crippen LogP contribution in [0.1, 0.15) is 32.1 Å². The lowest BCUT2D eigenvalue weighted by Gasteiger charge is -2.27. The van der Waals surface area contributed by atoms with Crippen molar-refractivity contribution < 1.29 is 31.8 Å². The van der Waals surface area contributed by atoms with Crippen LogP contribution < -0.4 is 0 Å². The van der Waals surface area contributed by atoms with Crippen LogP contribution in [0, 0.1) is 17.8 Å². The molecule has 2 saturated carbocycles. The summed E-state index contributed by atoms with van der Waals surface area (Å²) in [5.74, 6) is -3.99. The fourth-order valence-corrected chi connectivity index (χ4v) is 3.57. The number of alkyl halides is 4. The fourth-order valence-electron chi connectivity index (χ4n) is 3.57. The van der Waals surface area contributed by atoms with Crippen LogP contribution in [-0.4, -0.2) is 31.0 Å². The summed E-state index contributed by atoms with van der Waals surface area (Å²) in [4.78, 5) is 12.0. The molecule has 2 aliphatic rings. The van der Waals surface area contributed by atoms with Gasteiger partial charge in [-0.1, -0.05) is 6.58 Å². The van der Waals surface area contributed by atoms with Gasteiger partial charge in [-0.05, 0) is 25.2 Å². The number of ether oxygens (including phenoxy) is 2. The number of hydrogen-bond acceptors (Lipinski definition) is 3. The summed E-state index contributed by atoms with van der Waals surface area (Å²) < 4.78 is 60.4. The Labute approximate surface area is 126 Å². The van der Waals surface area contributed by atoms with E-state index in [1.807, 2.05) is 0 Å². The molecule has 0 aromatic carbocycles. The average molecular weight is 324 g/mol. The lowest BCUT2D eigenvalue weighted by molar-refractivity contribution is -0.155. The maximum Gasteiger partial charge on any atom is 0.309 e. The summed E-state index contributed by atoms with van der Waals surface area (Å²) in [5, 5.41) is 0. The zero-order valence-electron chi connectivity index (χ0n) is 12.2. The van der Waals surface area contributed by atoms with Crippen LogP contribution in [0.15, 0.2) is 12.8 Å². The van der Waals surface area contributed by atoms with Gasteiger partial charge in [0.05, 0.1) is 25.2 Å². The quantitative estimate of drug-likeness (QED) is 0.387. The van der Waals surface area contributed by atoms with E-state index in [0.29, 0.717) is 12.3 Å². The van der Waals surface area contributed by atoms with E-state index >= 15 is 0 Å². The number of fused-ring (bicyclic) bond motifs is 2. The second kappa shape index (κ2) is 6.87. The molecule has 0 aromatic heterocycles. The Balaban J connectivity index is 1.77. The van der Waals surface area contributed by atoms with Gasteiger partial charge >= 0.3 is 5.97 Å². The van der Waals surface area contributed by atoms with Gasteiger partial charge in [-0.3, -0.25) is 4.79 Å². The molecule has 2 bridgehead atoms. The van der Waals surface area contributed by atoms with Gasteiger partial charge in [0.25, 0.3) is 5.92 Å². The lowest BCUT2D eigenvalue weighted by Crippen LogP contribution is -2.33. The minimum Gasteiger partial charge on any atom is -0.498 e. The monoisotopic (exact) mass is 324 g/mol. The van der Waals surface area contributed by atoms with Crippen LogP contribution in [0.5, 0.6) is 0 Å². The molecule has 0 saturated heterocycles. The molecule has 126 valence electrons. The van der Waals surface area contributed by atoms with Crippen molar-refractivity contribution in [2.45, 2.75) is 50.6 Å². The fraction of sp³-hybridized carbons (Fsp3) is 0.800. The lowest BCUT2D eigenvalue weighted by atomic mass is 9.86. The van der Waals surface area contributed by atoms with E-state index < -0.39 is 37.8 Å². The molecule has 0 radical (unpaired) electrons. The molecule has 0 spiro atoms. The predicted molar refractivity (Wildman–Crippen MR) is 70.5 cm³/mol. The van der Waals surface area contributed by atoms with E-state index in [0.717, 1.165) is 12.8 Å². The van der Waals surface area contributed by atoms with Crippen molar-refractivity contribution in [3.63, 3.8) is 0 Å². The molecule has 4 atom stereocenters. The number of esters is 1. The Bertz CT molecular complexity index is 414. The standard InChI is InChI=1S/C15H20F4O3/c1-2-21-12-7-9-5-10(12)11(6-9)14(20)22-4-3-15(18,19)8-13(16)17/h2,9-13H,1,3-8H2. The normalized spacial score (nSPS) is 30.6. The highest BCUT2D eigenvalue weighted by molar-refractivity contribution is 5.73. The number of rotatable bonds is 8. The summed E-state index contributed by atoms with van der Waals surface area (Å²) >= 11 is 0. The number of carbonyl (C=O) groups is 1. The first-order valence-electron chi connectivity index (χ1n) is 7.41. The highest BCUT2D eigenvalue weighted by Crippen LogP contribution is 2.50. The minimum atomic E-state index is -3.52. The van der Waals surface area contributed by atoms with Gasteiger partial charge < -0.3 is 9.47 Å². The van der Waals surface area contributed by atoms with E-state index in [1.165, 1.54) is 6.26 Å². The van der Waals surface area contributed by atoms with Crippen LogP contribution in [-0.2, 0) is 14.3 Å². The van der Waals surface area contributed by atoms with Crippen molar-refractivity contribution in [3.8, 4) is 0 Å². The van der Waals surface area contributed by atoms with Gasteiger partial charge in [-0.25, -0.2) is 17.6 Å². The largest absolute Gasteiger partial charge is 0.498 e. The number of hydrogen-bond donors (Lipinski definition) is 0. The van der Waals surface area contributed by atoms with Gasteiger partial charge in [0, 0.05) is 12.3 Å². The van der Waals surface area contributed by atoms with Crippen molar-refractivity contribution >= 4 is 5.97 Å². The molecule has 3 nitrogen and oxygen atoms in total. The van der Waals surface area contributed by atoms with Crippen LogP contribution in [0.25, 0.3) is 0 Å². The molecule has 0 N–H and O–H groups in total. The second-order valence-electron chi connectivity index (χ2n) is 6.05. The van der Waals surface area contributed by atoms with Crippen molar-refractivity contribution in [2.75, 3.05) is 6.61 Å². The SMILES string of the molecule is C=COC1CC2CC(C(=O)OCCC(F)(F)CC(F)F)C1C2. The van der Waals surface area contributed by atoms with Crippen LogP contribution in [0.2, 0.25) is 0 Å². The smallest absolute Gasteiger partial charge is 0.309 e. The van der Waals surface area contributed by atoms with Gasteiger partial charge in [0.1, 0.15) is 6.10 Å². The molecule has 2 rings (SSSR count). The molecule has 2 aliphatic carbocycles. The summed E-state index contributed by atoms with van der Waals surface area (Å²) in [7, 11) is 0. The second-order valence-corrected chi connectivity index (χ2v) is 6.05. The molecule has 0 heterocycles. The summed E-state index contributed by atoms with van der Waals surface area (Å²) in [5.41, 5.74) is 0. The first kappa shape index (κ1) is 17.1. The van der Waals surface area contributed by atoms with E-state index in [9.17, 15) is 22.4 Å². The van der Waals surface area contributed by atoms with Gasteiger partial charge in [-0.2, -0.15) is 0 Å². The Kier molecular flexibility index (Phi) is 5.34. The zero-order valence-corrected chi connectivity index (χ0v) is 12.2. The number of carbonyl (C=O) groups excluding carboxylic acids is 1. The molecule has 0 amide bonds. The first-order valence-corrected chi connectivity index (χ1v) is 7.41. The zero-order chi connectivity index (χ0) is 16.3. The van der Waals surface area contributed by atoms with Crippen molar-refractivity contribution in [1.29, 1.82) is 0 Å². The predicted octanol–water partition coefficient (Wildman–Crippen LogP) is 3.79. The van der Waals surface area contributed by atoms with Crippen LogP contribution in [0.4, 0.5) is 17.6 Å². The Hall–Kier alpha value is -1.27. The van der Waals surface area contributed by atoms with Crippen LogP contribution in [0.3, 0.4) is 0 Å². The molecule has 4 unspecified atom stereocenters. The van der Waals surface area contributed by atoms with Crippen LogP contribution >= 0.6 is 0 Å². The Morgan fingerprint density at radius 3 is 2.64 bits per heavy atom. The number of halogens is 4. The third-order valence-electron chi connectivity index (χ3n) is 4.49. The van der Waals surface area contributed by atoms with Crippen molar-refractivity contribution in [3.05, 3.63) is 12.8 Å². The first-order chi connectivity index (χ1) is 10.3. The highest BCUT2D eigenvalue weighted by Gasteiger charge is 2.50. The van der Waals surface area contributed by atoms with E-state index in [4.69, 9.17) is 9.47 Å². The molecular formula is C15H20F4O3. The molecule has 0 aliphatic heterocycles. The summed E-state index contributed by atoms with van der Waals surface area (Å²) in [6.45, 7) is 2.95. The van der Waals surface area contributed by atoms with Crippen molar-refractivity contribution in [1.82, 2.24) is 0 Å². The van der Waals surface area contributed by atoms with Crippen molar-refractivity contribution in [2.24, 2.45) is 17.8 Å². The average Bonchev–Trinajstić information content (AvgIpc) is 2.96. The van der Waals surface area contributed by atoms with Gasteiger partial charge in [0.2, 0.25) is 6.43 Å². The summed E-state index contributed by atoms with van der Waals surface area (Å²) in [6.07, 6.45) is -1.79. The van der Waals surface area contributed by atoms with E-state index in [-0.39, 0.29) is 17.9 Å².